The number of ether oxygens (including phenoxy) is 2. The molecule has 0 aliphatic carbocycles. The van der Waals surface area contributed by atoms with Gasteiger partial charge in [0.2, 0.25) is 15.9 Å². The maximum absolute atomic E-state index is 12.8. The largest absolute Gasteiger partial charge is 0.493 e. The lowest BCUT2D eigenvalue weighted by Crippen LogP contribution is -2.32. The Morgan fingerprint density at radius 1 is 0.938 bits per heavy atom. The van der Waals surface area contributed by atoms with Gasteiger partial charge in [-0.2, -0.15) is 4.31 Å². The molecule has 1 fully saturated rings. The Bertz CT molecular complexity index is 1000. The molecule has 1 heterocycles. The third-order valence-corrected chi connectivity index (χ3v) is 7.36. The van der Waals surface area contributed by atoms with Gasteiger partial charge < -0.3 is 20.1 Å². The van der Waals surface area contributed by atoms with Crippen LogP contribution in [0.25, 0.3) is 0 Å². The maximum Gasteiger partial charge on any atom is 0.243 e. The van der Waals surface area contributed by atoms with Crippen LogP contribution in [0.5, 0.6) is 11.5 Å². The predicted molar refractivity (Wildman–Crippen MR) is 124 cm³/mol. The SMILES string of the molecule is COc1ccc(CNC(=O)CNc2ccc(S(=O)(=O)N3CCCCCC3)cc2)cc1OC. The zero-order valence-corrected chi connectivity index (χ0v) is 19.4. The van der Waals surface area contributed by atoms with Gasteiger partial charge in [0.05, 0.1) is 25.7 Å². The molecule has 1 amide bonds. The monoisotopic (exact) mass is 461 g/mol. The first-order valence-electron chi connectivity index (χ1n) is 10.8. The van der Waals surface area contributed by atoms with E-state index in [0.29, 0.717) is 36.8 Å². The summed E-state index contributed by atoms with van der Waals surface area (Å²) in [6.07, 6.45) is 3.94. The zero-order valence-electron chi connectivity index (χ0n) is 18.6. The number of amides is 1. The Kier molecular flexibility index (Phi) is 8.35. The van der Waals surface area contributed by atoms with Crippen LogP contribution < -0.4 is 20.1 Å². The van der Waals surface area contributed by atoms with Gasteiger partial charge in [-0.05, 0) is 54.8 Å². The summed E-state index contributed by atoms with van der Waals surface area (Å²) >= 11 is 0. The van der Waals surface area contributed by atoms with E-state index in [9.17, 15) is 13.2 Å². The summed E-state index contributed by atoms with van der Waals surface area (Å²) in [6.45, 7) is 1.57. The zero-order chi connectivity index (χ0) is 23.0. The average Bonchev–Trinajstić information content (AvgIpc) is 3.11. The van der Waals surface area contributed by atoms with Crippen LogP contribution in [0.3, 0.4) is 0 Å². The van der Waals surface area contributed by atoms with Crippen molar-refractivity contribution in [3.8, 4) is 11.5 Å². The Hall–Kier alpha value is -2.78. The van der Waals surface area contributed by atoms with Crippen LogP contribution >= 0.6 is 0 Å². The fourth-order valence-corrected chi connectivity index (χ4v) is 5.13. The van der Waals surface area contributed by atoms with Crippen molar-refractivity contribution in [2.24, 2.45) is 0 Å². The number of hydrogen-bond donors (Lipinski definition) is 2. The van der Waals surface area contributed by atoms with Crippen LogP contribution in [0, 0.1) is 0 Å². The summed E-state index contributed by atoms with van der Waals surface area (Å²) in [5.74, 6) is 1.05. The highest BCUT2D eigenvalue weighted by atomic mass is 32.2. The second-order valence-electron chi connectivity index (χ2n) is 7.66. The fourth-order valence-electron chi connectivity index (χ4n) is 3.61. The van der Waals surface area contributed by atoms with E-state index in [2.05, 4.69) is 10.6 Å². The maximum atomic E-state index is 12.8. The van der Waals surface area contributed by atoms with Gasteiger partial charge in [-0.3, -0.25) is 4.79 Å². The number of methoxy groups -OCH3 is 2. The van der Waals surface area contributed by atoms with E-state index in [1.54, 1.807) is 48.9 Å². The molecule has 174 valence electrons. The quantitative estimate of drug-likeness (QED) is 0.596. The lowest BCUT2D eigenvalue weighted by Gasteiger charge is -2.20. The summed E-state index contributed by atoms with van der Waals surface area (Å²) < 4.78 is 37.8. The topological polar surface area (TPSA) is 97.0 Å². The minimum Gasteiger partial charge on any atom is -0.493 e. The van der Waals surface area contributed by atoms with E-state index in [1.165, 1.54) is 0 Å². The number of carbonyl (C=O) groups is 1. The van der Waals surface area contributed by atoms with Gasteiger partial charge in [-0.1, -0.05) is 18.9 Å². The molecule has 0 atom stereocenters. The first kappa shape index (κ1) is 23.9. The first-order chi connectivity index (χ1) is 15.4. The number of nitrogens with one attached hydrogen (secondary N) is 2. The van der Waals surface area contributed by atoms with Crippen molar-refractivity contribution in [3.05, 3.63) is 48.0 Å². The van der Waals surface area contributed by atoms with Crippen molar-refractivity contribution in [1.29, 1.82) is 0 Å². The Morgan fingerprint density at radius 3 is 2.22 bits per heavy atom. The van der Waals surface area contributed by atoms with Gasteiger partial charge in [0, 0.05) is 25.3 Å². The number of hydrogen-bond acceptors (Lipinski definition) is 6. The van der Waals surface area contributed by atoms with Crippen molar-refractivity contribution in [2.45, 2.75) is 37.1 Å². The molecule has 0 spiro atoms. The molecule has 8 nitrogen and oxygen atoms in total. The van der Waals surface area contributed by atoms with Crippen molar-refractivity contribution in [1.82, 2.24) is 9.62 Å². The number of nitrogens with zero attached hydrogens (tertiary/aromatic N) is 1. The van der Waals surface area contributed by atoms with Gasteiger partial charge in [-0.25, -0.2) is 8.42 Å². The highest BCUT2D eigenvalue weighted by Gasteiger charge is 2.24. The Balaban J connectivity index is 1.51. The molecule has 1 aliphatic rings. The first-order valence-corrected chi connectivity index (χ1v) is 12.2. The minimum atomic E-state index is -3.48. The Labute approximate surface area is 190 Å². The molecular weight excluding hydrogens is 430 g/mol. The van der Waals surface area contributed by atoms with Crippen LogP contribution in [0.15, 0.2) is 47.4 Å². The van der Waals surface area contributed by atoms with Crippen molar-refractivity contribution in [2.75, 3.05) is 39.2 Å². The molecular formula is C23H31N3O5S. The minimum absolute atomic E-state index is 0.0749. The molecule has 9 heteroatoms. The van der Waals surface area contributed by atoms with Gasteiger partial charge in [-0.15, -0.1) is 0 Å². The molecule has 2 aromatic rings. The second kappa shape index (κ2) is 11.2. The molecule has 0 unspecified atom stereocenters. The standard InChI is InChI=1S/C23H31N3O5S/c1-30-21-12-7-18(15-22(21)31-2)16-25-23(27)17-24-19-8-10-20(11-9-19)32(28,29)26-13-5-3-4-6-14-26/h7-12,15,24H,3-6,13-14,16-17H2,1-2H3,(H,25,27). The molecule has 1 saturated heterocycles. The van der Waals surface area contributed by atoms with Crippen LogP contribution in [0.4, 0.5) is 5.69 Å². The summed E-state index contributed by atoms with van der Waals surface area (Å²) in [4.78, 5) is 12.5. The van der Waals surface area contributed by atoms with E-state index < -0.39 is 10.0 Å². The van der Waals surface area contributed by atoms with Crippen LogP contribution in [0.1, 0.15) is 31.2 Å². The number of sulfonamides is 1. The summed E-state index contributed by atoms with van der Waals surface area (Å²) in [7, 11) is -0.341. The number of carbonyl (C=O) groups excluding carboxylic acids is 1. The van der Waals surface area contributed by atoms with Crippen LogP contribution in [-0.2, 0) is 21.4 Å². The third kappa shape index (κ3) is 6.14. The van der Waals surface area contributed by atoms with Crippen molar-refractivity contribution >= 4 is 21.6 Å². The van der Waals surface area contributed by atoms with E-state index in [-0.39, 0.29) is 17.3 Å². The molecule has 0 bridgehead atoms. The molecule has 1 aliphatic heterocycles. The van der Waals surface area contributed by atoms with Gasteiger partial charge >= 0.3 is 0 Å². The third-order valence-electron chi connectivity index (χ3n) is 5.45. The molecule has 0 saturated carbocycles. The molecule has 2 aromatic carbocycles. The fraction of sp³-hybridized carbons (Fsp3) is 0.435. The molecule has 2 N–H and O–H groups in total. The van der Waals surface area contributed by atoms with Crippen LogP contribution in [-0.4, -0.2) is 52.5 Å². The summed E-state index contributed by atoms with van der Waals surface area (Å²) in [6, 6.07) is 12.0. The predicted octanol–water partition coefficient (Wildman–Crippen LogP) is 3.00. The van der Waals surface area contributed by atoms with Crippen molar-refractivity contribution < 1.29 is 22.7 Å². The van der Waals surface area contributed by atoms with E-state index in [4.69, 9.17) is 9.47 Å². The van der Waals surface area contributed by atoms with Gasteiger partial charge in [0.15, 0.2) is 11.5 Å². The molecule has 0 aromatic heterocycles. The van der Waals surface area contributed by atoms with Crippen molar-refractivity contribution in [3.63, 3.8) is 0 Å². The summed E-state index contributed by atoms with van der Waals surface area (Å²) in [5, 5.41) is 5.87. The van der Waals surface area contributed by atoms with E-state index in [1.807, 2.05) is 12.1 Å². The lowest BCUT2D eigenvalue weighted by molar-refractivity contribution is -0.119. The molecule has 32 heavy (non-hydrogen) atoms. The number of rotatable bonds is 9. The van der Waals surface area contributed by atoms with E-state index >= 15 is 0 Å². The smallest absolute Gasteiger partial charge is 0.243 e. The average molecular weight is 462 g/mol. The normalized spacial score (nSPS) is 14.9. The highest BCUT2D eigenvalue weighted by Crippen LogP contribution is 2.27. The second-order valence-corrected chi connectivity index (χ2v) is 9.60. The van der Waals surface area contributed by atoms with Gasteiger partial charge in [0.25, 0.3) is 0 Å². The van der Waals surface area contributed by atoms with Crippen LogP contribution in [0.2, 0.25) is 0 Å². The summed E-state index contributed by atoms with van der Waals surface area (Å²) in [5.41, 5.74) is 1.57. The molecule has 0 radical (unpaired) electrons. The Morgan fingerprint density at radius 2 is 1.59 bits per heavy atom. The van der Waals surface area contributed by atoms with Gasteiger partial charge in [0.1, 0.15) is 0 Å². The lowest BCUT2D eigenvalue weighted by atomic mass is 10.2. The number of anilines is 1. The number of benzene rings is 2. The highest BCUT2D eigenvalue weighted by molar-refractivity contribution is 7.89. The van der Waals surface area contributed by atoms with E-state index in [0.717, 1.165) is 31.2 Å². The molecule has 3 rings (SSSR count).